The van der Waals surface area contributed by atoms with Gasteiger partial charge in [0.1, 0.15) is 5.75 Å². The first kappa shape index (κ1) is 19.8. The zero-order valence-corrected chi connectivity index (χ0v) is 16.0. The molecule has 1 unspecified atom stereocenters. The van der Waals surface area contributed by atoms with Crippen molar-refractivity contribution < 1.29 is 22.7 Å². The maximum absolute atomic E-state index is 12.8. The van der Waals surface area contributed by atoms with Gasteiger partial charge in [-0.3, -0.25) is 4.79 Å². The van der Waals surface area contributed by atoms with Gasteiger partial charge in [-0.1, -0.05) is 43.7 Å². The Morgan fingerprint density at radius 2 is 2.04 bits per heavy atom. The number of amides is 1. The lowest BCUT2D eigenvalue weighted by atomic mass is 9.89. The molecule has 1 aromatic carbocycles. The highest BCUT2D eigenvalue weighted by atomic mass is 35.5. The van der Waals surface area contributed by atoms with E-state index >= 15 is 0 Å². The van der Waals surface area contributed by atoms with Crippen molar-refractivity contribution >= 4 is 17.5 Å². The summed E-state index contributed by atoms with van der Waals surface area (Å²) in [6.45, 7) is 4.02. The van der Waals surface area contributed by atoms with Gasteiger partial charge < -0.3 is 10.1 Å². The van der Waals surface area contributed by atoms with Gasteiger partial charge >= 0.3 is 6.18 Å². The molecule has 146 valence electrons. The molecule has 0 aliphatic heterocycles. The number of halogens is 4. The van der Waals surface area contributed by atoms with E-state index in [1.54, 1.807) is 24.3 Å². The highest BCUT2D eigenvalue weighted by Crippen LogP contribution is 2.58. The van der Waals surface area contributed by atoms with Gasteiger partial charge in [0.15, 0.2) is 0 Å². The second kappa shape index (κ2) is 6.89. The van der Waals surface area contributed by atoms with Gasteiger partial charge in [0.05, 0.1) is 18.2 Å². The molecule has 0 spiro atoms. The van der Waals surface area contributed by atoms with Crippen LogP contribution in [0.4, 0.5) is 13.2 Å². The van der Waals surface area contributed by atoms with Crippen LogP contribution in [0.15, 0.2) is 42.0 Å². The largest absolute Gasteiger partial charge is 0.496 e. The monoisotopic (exact) mass is 399 g/mol. The van der Waals surface area contributed by atoms with Gasteiger partial charge in [0.25, 0.3) is 5.91 Å². The molecule has 1 saturated carbocycles. The molecule has 27 heavy (non-hydrogen) atoms. The van der Waals surface area contributed by atoms with Crippen molar-refractivity contribution in [1.29, 1.82) is 0 Å². The first-order valence-electron chi connectivity index (χ1n) is 8.65. The Labute approximate surface area is 161 Å². The quantitative estimate of drug-likeness (QED) is 0.758. The molecule has 1 N–H and O–H groups in total. The minimum atomic E-state index is -4.32. The molecule has 2 aliphatic rings. The van der Waals surface area contributed by atoms with E-state index in [0.717, 1.165) is 6.08 Å². The summed E-state index contributed by atoms with van der Waals surface area (Å²) >= 11 is 5.98. The maximum Gasteiger partial charge on any atom is 0.416 e. The summed E-state index contributed by atoms with van der Waals surface area (Å²) in [6, 6.07) is 4.67. The minimum Gasteiger partial charge on any atom is -0.496 e. The number of rotatable bonds is 4. The van der Waals surface area contributed by atoms with Crippen LogP contribution in [0.1, 0.15) is 30.6 Å². The Morgan fingerprint density at radius 3 is 2.59 bits per heavy atom. The average molecular weight is 400 g/mol. The highest BCUT2D eigenvalue weighted by Gasteiger charge is 2.61. The fraction of sp³-hybridized carbons (Fsp3) is 0.450. The normalized spacial score (nSPS) is 26.3. The third-order valence-corrected chi connectivity index (χ3v) is 5.76. The first-order chi connectivity index (χ1) is 12.6. The Bertz CT molecular complexity index is 814. The molecule has 3 atom stereocenters. The standard InChI is InChI=1S/C20H21ClF3NO2/c1-19(2)16(11-4-6-12(7-5-11)20(22,23)24)17(19)25-18(26)14-10-13(21)8-9-15(14)27-3/h4,6-11,16-17H,5H2,1-3H3,(H,25,26)/t11?,16-,17-/m0/s1. The molecule has 0 radical (unpaired) electrons. The van der Waals surface area contributed by atoms with Gasteiger partial charge in [-0.05, 0) is 41.9 Å². The van der Waals surface area contributed by atoms with Gasteiger partial charge in [-0.15, -0.1) is 0 Å². The number of carbonyl (C=O) groups is 1. The molecule has 1 aromatic rings. The summed E-state index contributed by atoms with van der Waals surface area (Å²) in [7, 11) is 1.47. The maximum atomic E-state index is 12.8. The van der Waals surface area contributed by atoms with Crippen LogP contribution in [-0.4, -0.2) is 25.2 Å². The lowest BCUT2D eigenvalue weighted by Crippen LogP contribution is -2.30. The highest BCUT2D eigenvalue weighted by molar-refractivity contribution is 6.31. The van der Waals surface area contributed by atoms with E-state index in [0.29, 0.717) is 22.8 Å². The topological polar surface area (TPSA) is 38.3 Å². The van der Waals surface area contributed by atoms with Crippen LogP contribution in [0.5, 0.6) is 5.75 Å². The number of hydrogen-bond acceptors (Lipinski definition) is 2. The van der Waals surface area contributed by atoms with Crippen molar-refractivity contribution in [2.24, 2.45) is 17.3 Å². The van der Waals surface area contributed by atoms with E-state index < -0.39 is 11.7 Å². The molecule has 3 nitrogen and oxygen atoms in total. The number of alkyl halides is 3. The summed E-state index contributed by atoms with van der Waals surface area (Å²) in [5.74, 6) is 0.134. The molecular weight excluding hydrogens is 379 g/mol. The molecule has 1 fully saturated rings. The number of methoxy groups -OCH3 is 1. The Balaban J connectivity index is 1.71. The van der Waals surface area contributed by atoms with E-state index in [2.05, 4.69) is 5.32 Å². The molecule has 7 heteroatoms. The summed E-state index contributed by atoms with van der Waals surface area (Å²) < 4.78 is 43.6. The fourth-order valence-electron chi connectivity index (χ4n) is 3.94. The first-order valence-corrected chi connectivity index (χ1v) is 9.03. The van der Waals surface area contributed by atoms with Crippen molar-refractivity contribution in [3.05, 3.63) is 52.6 Å². The Hall–Kier alpha value is -1.95. The number of carbonyl (C=O) groups excluding carboxylic acids is 1. The smallest absolute Gasteiger partial charge is 0.416 e. The van der Waals surface area contributed by atoms with Crippen LogP contribution in [0.25, 0.3) is 0 Å². The zero-order chi connectivity index (χ0) is 20.0. The molecule has 0 heterocycles. The van der Waals surface area contributed by atoms with Crippen molar-refractivity contribution in [2.45, 2.75) is 32.5 Å². The molecule has 2 aliphatic carbocycles. The van der Waals surface area contributed by atoms with Gasteiger partial charge in [0.2, 0.25) is 0 Å². The van der Waals surface area contributed by atoms with Crippen LogP contribution in [0, 0.1) is 17.3 Å². The molecule has 0 saturated heterocycles. The van der Waals surface area contributed by atoms with Crippen LogP contribution < -0.4 is 10.1 Å². The lowest BCUT2D eigenvalue weighted by Gasteiger charge is -2.18. The molecule has 1 amide bonds. The van der Waals surface area contributed by atoms with Crippen molar-refractivity contribution in [3.8, 4) is 5.75 Å². The van der Waals surface area contributed by atoms with E-state index in [-0.39, 0.29) is 29.2 Å². The summed E-state index contributed by atoms with van der Waals surface area (Å²) in [4.78, 5) is 12.7. The summed E-state index contributed by atoms with van der Waals surface area (Å²) in [5, 5.41) is 3.42. The van der Waals surface area contributed by atoms with Crippen LogP contribution in [0.2, 0.25) is 5.02 Å². The zero-order valence-electron chi connectivity index (χ0n) is 15.2. The van der Waals surface area contributed by atoms with Gasteiger partial charge in [-0.2, -0.15) is 13.2 Å². The van der Waals surface area contributed by atoms with E-state index in [9.17, 15) is 18.0 Å². The number of nitrogens with one attached hydrogen (secondary N) is 1. The molecule has 0 bridgehead atoms. The number of benzene rings is 1. The lowest BCUT2D eigenvalue weighted by molar-refractivity contribution is -0.0887. The Kier molecular flexibility index (Phi) is 5.06. The van der Waals surface area contributed by atoms with Gasteiger partial charge in [-0.25, -0.2) is 0 Å². The molecular formula is C20H21ClF3NO2. The second-order valence-corrected chi connectivity index (χ2v) is 8.00. The van der Waals surface area contributed by atoms with Crippen molar-refractivity contribution in [1.82, 2.24) is 5.32 Å². The van der Waals surface area contributed by atoms with Crippen molar-refractivity contribution in [2.75, 3.05) is 7.11 Å². The molecule has 3 rings (SSSR count). The van der Waals surface area contributed by atoms with Crippen LogP contribution in [0.3, 0.4) is 0 Å². The SMILES string of the molecule is COc1ccc(Cl)cc1C(=O)N[C@H]1[C@H](C2C=CC(C(F)(F)F)=CC2)C1(C)C. The van der Waals surface area contributed by atoms with Crippen molar-refractivity contribution in [3.63, 3.8) is 0 Å². The average Bonchev–Trinajstić information content (AvgIpc) is 3.14. The van der Waals surface area contributed by atoms with E-state index in [1.807, 2.05) is 13.8 Å². The Morgan fingerprint density at radius 1 is 1.33 bits per heavy atom. The molecule has 0 aromatic heterocycles. The van der Waals surface area contributed by atoms with E-state index in [4.69, 9.17) is 16.3 Å². The van der Waals surface area contributed by atoms with Crippen LogP contribution in [-0.2, 0) is 0 Å². The summed E-state index contributed by atoms with van der Waals surface area (Å²) in [5.41, 5.74) is -0.480. The van der Waals surface area contributed by atoms with E-state index in [1.165, 1.54) is 13.2 Å². The predicted octanol–water partition coefficient (Wildman–Crippen LogP) is 5.17. The third-order valence-electron chi connectivity index (χ3n) is 5.52. The minimum absolute atomic E-state index is 0.0438. The van der Waals surface area contributed by atoms with Gasteiger partial charge in [0, 0.05) is 11.1 Å². The number of hydrogen-bond donors (Lipinski definition) is 1. The summed E-state index contributed by atoms with van der Waals surface area (Å²) in [6.07, 6.45) is -0.0235. The van der Waals surface area contributed by atoms with Crippen LogP contribution >= 0.6 is 11.6 Å². The second-order valence-electron chi connectivity index (χ2n) is 7.56. The predicted molar refractivity (Wildman–Crippen MR) is 97.9 cm³/mol. The third kappa shape index (κ3) is 3.86. The fourth-order valence-corrected chi connectivity index (χ4v) is 4.11. The number of ether oxygens (including phenoxy) is 1. The number of allylic oxidation sites excluding steroid dienone is 4.